The Hall–Kier alpha value is -2.33. The van der Waals surface area contributed by atoms with Gasteiger partial charge in [-0.2, -0.15) is 0 Å². The Labute approximate surface area is 264 Å². The third-order valence-corrected chi connectivity index (χ3v) is 8.32. The summed E-state index contributed by atoms with van der Waals surface area (Å²) >= 11 is 0. The zero-order valence-electron chi connectivity index (χ0n) is 28.0. The average molecular weight is 595 g/mol. The lowest BCUT2D eigenvalue weighted by Crippen LogP contribution is -2.17. The summed E-state index contributed by atoms with van der Waals surface area (Å²) in [5, 5.41) is 0. The molecule has 2 atom stereocenters. The number of benzene rings is 2. The highest BCUT2D eigenvalue weighted by Gasteiger charge is 2.17. The van der Waals surface area contributed by atoms with Gasteiger partial charge in [0, 0.05) is 6.61 Å². The van der Waals surface area contributed by atoms with Crippen molar-refractivity contribution in [1.82, 2.24) is 0 Å². The van der Waals surface area contributed by atoms with Crippen molar-refractivity contribution < 1.29 is 19.0 Å². The summed E-state index contributed by atoms with van der Waals surface area (Å²) in [5.74, 6) is 0.754. The average Bonchev–Trinajstić information content (AvgIpc) is 3.02. The minimum Gasteiger partial charge on any atom is -0.487 e. The zero-order chi connectivity index (χ0) is 31.0. The maximum absolute atomic E-state index is 13.0. The summed E-state index contributed by atoms with van der Waals surface area (Å²) in [4.78, 5) is 13.0. The van der Waals surface area contributed by atoms with Crippen LogP contribution in [0.1, 0.15) is 172 Å². The molecule has 0 bridgehead atoms. The van der Waals surface area contributed by atoms with Crippen LogP contribution >= 0.6 is 0 Å². The van der Waals surface area contributed by atoms with Gasteiger partial charge in [0.2, 0.25) is 0 Å². The van der Waals surface area contributed by atoms with Crippen LogP contribution in [0.2, 0.25) is 0 Å². The molecule has 0 aromatic heterocycles. The number of carbonyl (C=O) groups is 1. The summed E-state index contributed by atoms with van der Waals surface area (Å²) in [6.45, 7) is 9.56. The molecular formula is C39H62O4. The van der Waals surface area contributed by atoms with Crippen molar-refractivity contribution in [2.75, 3.05) is 6.61 Å². The molecule has 0 spiro atoms. The molecule has 43 heavy (non-hydrogen) atoms. The van der Waals surface area contributed by atoms with E-state index >= 15 is 0 Å². The number of ether oxygens (including phenoxy) is 3. The van der Waals surface area contributed by atoms with Crippen molar-refractivity contribution in [1.29, 1.82) is 0 Å². The number of esters is 1. The maximum atomic E-state index is 13.0. The molecule has 0 heterocycles. The first-order chi connectivity index (χ1) is 21.1. The van der Waals surface area contributed by atoms with E-state index in [0.29, 0.717) is 17.1 Å². The lowest BCUT2D eigenvalue weighted by molar-refractivity contribution is 0.0625. The molecule has 2 unspecified atom stereocenters. The van der Waals surface area contributed by atoms with E-state index in [-0.39, 0.29) is 18.2 Å². The fourth-order valence-corrected chi connectivity index (χ4v) is 5.54. The Morgan fingerprint density at radius 3 is 1.72 bits per heavy atom. The molecular weight excluding hydrogens is 532 g/mol. The van der Waals surface area contributed by atoms with E-state index in [0.717, 1.165) is 37.9 Å². The van der Waals surface area contributed by atoms with Crippen LogP contribution in [0.4, 0.5) is 0 Å². The largest absolute Gasteiger partial charge is 0.487 e. The minimum atomic E-state index is -0.371. The number of hydrogen-bond donors (Lipinski definition) is 0. The second kappa shape index (κ2) is 24.0. The molecule has 4 nitrogen and oxygen atoms in total. The SMILES string of the molecule is CCCCCCCCCCCCOC(C)c1ccc(C(=O)Oc2ccccc2OC(CCC)CCCCCCCC)cc1. The Morgan fingerprint density at radius 1 is 0.605 bits per heavy atom. The molecule has 0 aliphatic carbocycles. The molecule has 2 rings (SSSR count). The number of unbranched alkanes of at least 4 members (excludes halogenated alkanes) is 14. The predicted octanol–water partition coefficient (Wildman–Crippen LogP) is 12.2. The quantitative estimate of drug-likeness (QED) is 0.0617. The Kier molecular flexibility index (Phi) is 20.6. The van der Waals surface area contributed by atoms with Crippen LogP contribution in [-0.4, -0.2) is 18.7 Å². The molecule has 0 saturated carbocycles. The van der Waals surface area contributed by atoms with Gasteiger partial charge in [-0.05, 0) is 62.4 Å². The Balaban J connectivity index is 1.76. The van der Waals surface area contributed by atoms with E-state index in [9.17, 15) is 4.79 Å². The number of hydrogen-bond acceptors (Lipinski definition) is 4. The topological polar surface area (TPSA) is 44.8 Å². The third-order valence-electron chi connectivity index (χ3n) is 8.32. The van der Waals surface area contributed by atoms with Gasteiger partial charge in [-0.3, -0.25) is 0 Å². The molecule has 2 aromatic carbocycles. The van der Waals surface area contributed by atoms with E-state index in [1.165, 1.54) is 96.3 Å². The number of rotatable bonds is 26. The molecule has 0 radical (unpaired) electrons. The van der Waals surface area contributed by atoms with E-state index in [1.54, 1.807) is 0 Å². The van der Waals surface area contributed by atoms with Crippen molar-refractivity contribution in [3.63, 3.8) is 0 Å². The van der Waals surface area contributed by atoms with Gasteiger partial charge >= 0.3 is 5.97 Å². The van der Waals surface area contributed by atoms with Gasteiger partial charge in [0.1, 0.15) is 0 Å². The smallest absolute Gasteiger partial charge is 0.343 e. The highest BCUT2D eigenvalue weighted by molar-refractivity contribution is 5.91. The highest BCUT2D eigenvalue weighted by Crippen LogP contribution is 2.30. The van der Waals surface area contributed by atoms with E-state index in [4.69, 9.17) is 14.2 Å². The molecule has 0 N–H and O–H groups in total. The summed E-state index contributed by atoms with van der Waals surface area (Å²) in [6.07, 6.45) is 24.1. The van der Waals surface area contributed by atoms with Crippen LogP contribution in [0, 0.1) is 0 Å². The second-order valence-electron chi connectivity index (χ2n) is 12.2. The Morgan fingerprint density at radius 2 is 1.14 bits per heavy atom. The standard InChI is InChI=1S/C39H62O4/c1-5-8-10-12-14-15-16-17-19-23-32-41-33(4)34-28-30-35(31-29-34)39(40)43-38-27-22-21-26-37(38)42-36(24-7-3)25-20-18-13-11-9-6-2/h21-22,26-31,33,36H,5-20,23-25,32H2,1-4H3. The van der Waals surface area contributed by atoms with E-state index < -0.39 is 0 Å². The molecule has 0 saturated heterocycles. The molecule has 4 heteroatoms. The van der Waals surface area contributed by atoms with Crippen molar-refractivity contribution >= 4 is 5.97 Å². The Bertz CT molecular complexity index is 954. The first-order valence-corrected chi connectivity index (χ1v) is 17.8. The normalized spacial score (nSPS) is 12.7. The second-order valence-corrected chi connectivity index (χ2v) is 12.2. The third kappa shape index (κ3) is 16.4. The number of para-hydroxylation sites is 2. The van der Waals surface area contributed by atoms with Gasteiger partial charge < -0.3 is 14.2 Å². The van der Waals surface area contributed by atoms with Crippen LogP contribution in [0.5, 0.6) is 11.5 Å². The van der Waals surface area contributed by atoms with Crippen molar-refractivity contribution in [3.8, 4) is 11.5 Å². The van der Waals surface area contributed by atoms with Crippen LogP contribution in [0.3, 0.4) is 0 Å². The van der Waals surface area contributed by atoms with Crippen molar-refractivity contribution in [2.24, 2.45) is 0 Å². The fraction of sp³-hybridized carbons (Fsp3) is 0.667. The van der Waals surface area contributed by atoms with Crippen LogP contribution in [-0.2, 0) is 4.74 Å². The van der Waals surface area contributed by atoms with Crippen molar-refractivity contribution in [2.45, 2.75) is 162 Å². The van der Waals surface area contributed by atoms with Crippen molar-refractivity contribution in [3.05, 3.63) is 59.7 Å². The summed E-state index contributed by atoms with van der Waals surface area (Å²) < 4.78 is 18.3. The van der Waals surface area contributed by atoms with Crippen LogP contribution < -0.4 is 9.47 Å². The molecule has 0 aliphatic rings. The zero-order valence-corrected chi connectivity index (χ0v) is 28.0. The molecule has 0 fully saturated rings. The van der Waals surface area contributed by atoms with Gasteiger partial charge in [0.25, 0.3) is 0 Å². The molecule has 242 valence electrons. The lowest BCUT2D eigenvalue weighted by Gasteiger charge is -2.20. The molecule has 0 amide bonds. The monoisotopic (exact) mass is 594 g/mol. The fourth-order valence-electron chi connectivity index (χ4n) is 5.54. The molecule has 2 aromatic rings. The maximum Gasteiger partial charge on any atom is 0.343 e. The summed E-state index contributed by atoms with van der Waals surface area (Å²) in [7, 11) is 0. The van der Waals surface area contributed by atoms with E-state index in [2.05, 4.69) is 27.7 Å². The number of carbonyl (C=O) groups excluding carboxylic acids is 1. The van der Waals surface area contributed by atoms with Crippen LogP contribution in [0.25, 0.3) is 0 Å². The lowest BCUT2D eigenvalue weighted by atomic mass is 10.0. The van der Waals surface area contributed by atoms with Gasteiger partial charge in [-0.1, -0.05) is 141 Å². The first-order valence-electron chi connectivity index (χ1n) is 17.8. The van der Waals surface area contributed by atoms with Crippen LogP contribution in [0.15, 0.2) is 48.5 Å². The van der Waals surface area contributed by atoms with Gasteiger partial charge in [-0.15, -0.1) is 0 Å². The van der Waals surface area contributed by atoms with Gasteiger partial charge in [0.15, 0.2) is 11.5 Å². The highest BCUT2D eigenvalue weighted by atomic mass is 16.6. The first kappa shape index (κ1) is 36.9. The summed E-state index contributed by atoms with van der Waals surface area (Å²) in [6, 6.07) is 15.2. The van der Waals surface area contributed by atoms with E-state index in [1.807, 2.05) is 48.5 Å². The summed E-state index contributed by atoms with van der Waals surface area (Å²) in [5.41, 5.74) is 1.60. The predicted molar refractivity (Wildman–Crippen MR) is 181 cm³/mol. The minimum absolute atomic E-state index is 0.0000872. The molecule has 0 aliphatic heterocycles. The van der Waals surface area contributed by atoms with Gasteiger partial charge in [-0.25, -0.2) is 4.79 Å². The van der Waals surface area contributed by atoms with Gasteiger partial charge in [0.05, 0.1) is 17.8 Å².